The maximum absolute atomic E-state index is 11.0. The van der Waals surface area contributed by atoms with Crippen molar-refractivity contribution in [3.05, 3.63) is 53.6 Å². The van der Waals surface area contributed by atoms with Gasteiger partial charge in [0.15, 0.2) is 6.16 Å². The van der Waals surface area contributed by atoms with Crippen LogP contribution < -0.4 is 0 Å². The number of hydrogen-bond acceptors (Lipinski definition) is 5. The molecular weight excluding hydrogens is 319 g/mol. The molecule has 7 nitrogen and oxygen atoms in total. The molecule has 0 spiro atoms. The van der Waals surface area contributed by atoms with Crippen molar-refractivity contribution in [3.8, 4) is 5.75 Å². The Balaban J connectivity index is 2.25. The predicted molar refractivity (Wildman–Crippen MR) is 84.1 cm³/mol. The average Bonchev–Trinajstić information content (AvgIpc) is 2.52. The zero-order valence-corrected chi connectivity index (χ0v) is 12.8. The second kappa shape index (κ2) is 7.58. The van der Waals surface area contributed by atoms with E-state index in [1.54, 1.807) is 24.3 Å². The maximum atomic E-state index is 11.0. The molecule has 8 heteroatoms. The number of azo groups is 1. The van der Waals surface area contributed by atoms with Gasteiger partial charge in [0, 0.05) is 6.42 Å². The highest BCUT2D eigenvalue weighted by atomic mass is 31.1. The summed E-state index contributed by atoms with van der Waals surface area (Å²) in [6.07, 6.45) is 0.515. The Morgan fingerprint density at radius 3 is 2.57 bits per heavy atom. The first-order valence-corrected chi connectivity index (χ1v) is 8.06. The highest BCUT2D eigenvalue weighted by Crippen LogP contribution is 2.27. The molecule has 0 radical (unpaired) electrons. The van der Waals surface area contributed by atoms with Crippen LogP contribution in [0.3, 0.4) is 0 Å². The van der Waals surface area contributed by atoms with Crippen LogP contribution in [0.4, 0.5) is 11.4 Å². The average molecular weight is 333 g/mol. The zero-order chi connectivity index (χ0) is 16.8. The van der Waals surface area contributed by atoms with Gasteiger partial charge in [0.05, 0.1) is 11.4 Å². The Labute approximate surface area is 132 Å². The minimum atomic E-state index is -2.22. The molecule has 2 aromatic carbocycles. The lowest BCUT2D eigenvalue weighted by Gasteiger charge is -2.02. The third-order valence-electron chi connectivity index (χ3n) is 3.05. The minimum Gasteiger partial charge on any atom is -0.507 e. The molecule has 0 amide bonds. The van der Waals surface area contributed by atoms with Gasteiger partial charge in [0.25, 0.3) is 0 Å². The van der Waals surface area contributed by atoms with Crippen molar-refractivity contribution in [3.63, 3.8) is 0 Å². The van der Waals surface area contributed by atoms with Crippen LogP contribution >= 0.6 is 8.03 Å². The van der Waals surface area contributed by atoms with Crippen molar-refractivity contribution in [2.45, 2.75) is 6.42 Å². The minimum absolute atomic E-state index is 0.129. The molecule has 0 saturated heterocycles. The van der Waals surface area contributed by atoms with Gasteiger partial charge in [-0.2, -0.15) is 15.1 Å². The molecule has 0 saturated carbocycles. The molecule has 2 aromatic rings. The highest BCUT2D eigenvalue weighted by Gasteiger charge is 2.12. The van der Waals surface area contributed by atoms with Crippen LogP contribution in [0.2, 0.25) is 0 Å². The summed E-state index contributed by atoms with van der Waals surface area (Å²) in [6, 6.07) is 10.9. The lowest BCUT2D eigenvalue weighted by Crippen LogP contribution is -1.95. The van der Waals surface area contributed by atoms with Gasteiger partial charge in [-0.15, -0.1) is 0 Å². The number of phenols is 1. The van der Waals surface area contributed by atoms with Crippen molar-refractivity contribution in [2.24, 2.45) is 10.2 Å². The summed E-state index contributed by atoms with van der Waals surface area (Å²) in [5, 5.41) is 26.4. The molecule has 0 heterocycles. The largest absolute Gasteiger partial charge is 0.507 e. The van der Waals surface area contributed by atoms with Crippen LogP contribution in [0.5, 0.6) is 5.75 Å². The number of carboxylic acid groups (broad SMARTS) is 1. The molecule has 0 aliphatic carbocycles. The molecular formula is C15H14N2O5P+. The Morgan fingerprint density at radius 2 is 1.87 bits per heavy atom. The summed E-state index contributed by atoms with van der Waals surface area (Å²) in [7, 11) is -2.22. The third-order valence-corrected chi connectivity index (χ3v) is 3.65. The number of carboxylic acids is 1. The third kappa shape index (κ3) is 4.67. The standard InChI is InChI=1S/C15H13N2O5P/c18-14-6-5-11(9-12(14)15(19)20)16-17-13-4-2-1-3-10(13)7-8-23(21)22/h1-6,9H,7-8H2,(H2-,17,18,19,20,21,22)/p+1. The Kier molecular flexibility index (Phi) is 5.51. The molecule has 2 rings (SSSR count). The second-order valence-corrected chi connectivity index (χ2v) is 5.81. The summed E-state index contributed by atoms with van der Waals surface area (Å²) >= 11 is 0. The van der Waals surface area contributed by atoms with E-state index in [0.29, 0.717) is 12.1 Å². The monoisotopic (exact) mass is 333 g/mol. The number of rotatable bonds is 6. The van der Waals surface area contributed by atoms with Crippen molar-refractivity contribution in [1.29, 1.82) is 0 Å². The topological polar surface area (TPSA) is 120 Å². The van der Waals surface area contributed by atoms with E-state index in [4.69, 9.17) is 10.00 Å². The van der Waals surface area contributed by atoms with Gasteiger partial charge < -0.3 is 10.2 Å². The van der Waals surface area contributed by atoms with E-state index in [2.05, 4.69) is 10.2 Å². The molecule has 0 aliphatic rings. The summed E-state index contributed by atoms with van der Waals surface area (Å²) in [6.45, 7) is 0. The normalized spacial score (nSPS) is 11.6. The highest BCUT2D eigenvalue weighted by molar-refractivity contribution is 7.37. The lowest BCUT2D eigenvalue weighted by molar-refractivity contribution is 0.0693. The van der Waals surface area contributed by atoms with Gasteiger partial charge in [-0.1, -0.05) is 18.2 Å². The van der Waals surface area contributed by atoms with E-state index in [-0.39, 0.29) is 23.2 Å². The Bertz CT molecular complexity index is 776. The summed E-state index contributed by atoms with van der Waals surface area (Å²) in [5.41, 5.74) is 1.33. The van der Waals surface area contributed by atoms with Gasteiger partial charge in [0.1, 0.15) is 11.3 Å². The van der Waals surface area contributed by atoms with Crippen LogP contribution in [0, 0.1) is 0 Å². The molecule has 1 unspecified atom stereocenters. The van der Waals surface area contributed by atoms with Gasteiger partial charge in [0.2, 0.25) is 0 Å². The molecule has 0 aromatic heterocycles. The number of benzene rings is 2. The van der Waals surface area contributed by atoms with Crippen LogP contribution in [0.25, 0.3) is 0 Å². The van der Waals surface area contributed by atoms with E-state index in [9.17, 15) is 14.5 Å². The van der Waals surface area contributed by atoms with E-state index in [1.165, 1.54) is 18.2 Å². The lowest BCUT2D eigenvalue weighted by atomic mass is 10.1. The van der Waals surface area contributed by atoms with Crippen LogP contribution in [-0.4, -0.2) is 27.2 Å². The van der Waals surface area contributed by atoms with Crippen molar-refractivity contribution in [1.82, 2.24) is 0 Å². The number of aromatic carboxylic acids is 1. The van der Waals surface area contributed by atoms with Crippen LogP contribution in [0.1, 0.15) is 15.9 Å². The van der Waals surface area contributed by atoms with E-state index in [0.717, 1.165) is 5.56 Å². The predicted octanol–water partition coefficient (Wildman–Crippen LogP) is 3.78. The molecule has 118 valence electrons. The van der Waals surface area contributed by atoms with Crippen molar-refractivity contribution in [2.75, 3.05) is 6.16 Å². The summed E-state index contributed by atoms with van der Waals surface area (Å²) < 4.78 is 10.8. The molecule has 0 fully saturated rings. The van der Waals surface area contributed by atoms with Gasteiger partial charge in [-0.25, -0.2) is 4.79 Å². The number of hydrogen-bond donors (Lipinski definition) is 3. The first-order chi connectivity index (χ1) is 11.0. The zero-order valence-electron chi connectivity index (χ0n) is 12.0. The first kappa shape index (κ1) is 16.7. The van der Waals surface area contributed by atoms with Gasteiger partial charge in [-0.05, 0) is 34.4 Å². The number of carbonyl (C=O) groups is 1. The van der Waals surface area contributed by atoms with E-state index < -0.39 is 14.0 Å². The van der Waals surface area contributed by atoms with Crippen molar-refractivity contribution < 1.29 is 24.5 Å². The van der Waals surface area contributed by atoms with Gasteiger partial charge >= 0.3 is 14.0 Å². The quantitative estimate of drug-likeness (QED) is 0.549. The molecule has 23 heavy (non-hydrogen) atoms. The summed E-state index contributed by atoms with van der Waals surface area (Å²) in [4.78, 5) is 19.9. The fourth-order valence-corrected chi connectivity index (χ4v) is 2.34. The van der Waals surface area contributed by atoms with Crippen molar-refractivity contribution >= 4 is 25.4 Å². The van der Waals surface area contributed by atoms with Crippen LogP contribution in [-0.2, 0) is 11.0 Å². The smallest absolute Gasteiger partial charge is 0.505 e. The van der Waals surface area contributed by atoms with E-state index >= 15 is 0 Å². The number of aryl methyl sites for hydroxylation is 1. The summed E-state index contributed by atoms with van der Waals surface area (Å²) in [5.74, 6) is -1.60. The molecule has 3 N–H and O–H groups in total. The van der Waals surface area contributed by atoms with E-state index in [1.807, 2.05) is 0 Å². The molecule has 0 bridgehead atoms. The Hall–Kier alpha value is -2.63. The van der Waals surface area contributed by atoms with Gasteiger partial charge in [-0.3, -0.25) is 0 Å². The fraction of sp³-hybridized carbons (Fsp3) is 0.133. The Morgan fingerprint density at radius 1 is 1.13 bits per heavy atom. The SMILES string of the molecule is O=C(O)c1cc(N=Nc2ccccc2CC[P+](=O)O)ccc1O. The number of aromatic hydroxyl groups is 1. The second-order valence-electron chi connectivity index (χ2n) is 4.66. The fourth-order valence-electron chi connectivity index (χ4n) is 1.91. The molecule has 0 aliphatic heterocycles. The first-order valence-electron chi connectivity index (χ1n) is 6.67. The molecule has 1 atom stereocenters. The van der Waals surface area contributed by atoms with Crippen LogP contribution in [0.15, 0.2) is 52.7 Å². The number of nitrogens with zero attached hydrogens (tertiary/aromatic N) is 2. The maximum Gasteiger partial charge on any atom is 0.505 e.